The molecule has 0 bridgehead atoms. The van der Waals surface area contributed by atoms with Crippen molar-refractivity contribution in [3.8, 4) is 0 Å². The van der Waals surface area contributed by atoms with Gasteiger partial charge in [0, 0.05) is 5.92 Å². The lowest BCUT2D eigenvalue weighted by atomic mass is 9.92. The van der Waals surface area contributed by atoms with Crippen LogP contribution in [0.3, 0.4) is 0 Å². The Morgan fingerprint density at radius 1 is 1.17 bits per heavy atom. The molecule has 0 fully saturated rings. The smallest absolute Gasteiger partial charge is 0.127 e. The molecule has 0 aliphatic heterocycles. The van der Waals surface area contributed by atoms with Gasteiger partial charge < -0.3 is 4.79 Å². The highest BCUT2D eigenvalue weighted by Gasteiger charge is 2.13. The van der Waals surface area contributed by atoms with Crippen molar-refractivity contribution < 1.29 is 9.18 Å². The topological polar surface area (TPSA) is 17.1 Å². The van der Waals surface area contributed by atoms with Crippen LogP contribution < -0.4 is 0 Å². The number of aryl methyl sites for hydroxylation is 1. The average Bonchev–Trinajstić information content (AvgIpc) is 2.38. The van der Waals surface area contributed by atoms with Crippen LogP contribution in [0.1, 0.15) is 22.6 Å². The maximum atomic E-state index is 13.6. The predicted octanol–water partition coefficient (Wildman–Crippen LogP) is 3.66. The summed E-state index contributed by atoms with van der Waals surface area (Å²) >= 11 is 0. The largest absolute Gasteiger partial charge is 0.303 e. The molecule has 2 aromatic carbocycles. The third kappa shape index (κ3) is 2.83. The fourth-order valence-corrected chi connectivity index (χ4v) is 2.05. The van der Waals surface area contributed by atoms with Crippen LogP contribution in [0.15, 0.2) is 48.5 Å². The van der Waals surface area contributed by atoms with E-state index in [0.29, 0.717) is 12.0 Å². The molecule has 0 heterocycles. The Hall–Kier alpha value is -1.96. The normalized spacial score (nSPS) is 12.1. The van der Waals surface area contributed by atoms with Gasteiger partial charge in [-0.25, -0.2) is 4.39 Å². The summed E-state index contributed by atoms with van der Waals surface area (Å²) in [6.45, 7) is 1.98. The van der Waals surface area contributed by atoms with E-state index in [4.69, 9.17) is 0 Å². The Balaban J connectivity index is 2.25. The molecule has 0 amide bonds. The molecule has 0 saturated carbocycles. The molecule has 1 nitrogen and oxygen atoms in total. The minimum atomic E-state index is -0.290. The lowest BCUT2D eigenvalue weighted by molar-refractivity contribution is -0.109. The summed E-state index contributed by atoms with van der Waals surface area (Å²) in [6.07, 6.45) is 1.29. The molecule has 2 aromatic rings. The number of halogens is 1. The molecule has 0 N–H and O–H groups in total. The zero-order valence-electron chi connectivity index (χ0n) is 10.3. The second-order valence-corrected chi connectivity index (χ2v) is 4.45. The first-order chi connectivity index (χ1) is 8.70. The average molecular weight is 242 g/mol. The van der Waals surface area contributed by atoms with E-state index in [1.807, 2.05) is 31.2 Å². The number of carbonyl (C=O) groups is 1. The lowest BCUT2D eigenvalue weighted by Gasteiger charge is -2.12. The van der Waals surface area contributed by atoms with Crippen molar-refractivity contribution in [1.29, 1.82) is 0 Å². The molecule has 0 radical (unpaired) electrons. The molecule has 18 heavy (non-hydrogen) atoms. The van der Waals surface area contributed by atoms with Gasteiger partial charge in [-0.2, -0.15) is 0 Å². The first kappa shape index (κ1) is 12.5. The Kier molecular flexibility index (Phi) is 3.88. The van der Waals surface area contributed by atoms with Crippen LogP contribution in [-0.4, -0.2) is 6.29 Å². The van der Waals surface area contributed by atoms with Crippen LogP contribution in [0.4, 0.5) is 4.39 Å². The van der Waals surface area contributed by atoms with Gasteiger partial charge in [0.15, 0.2) is 0 Å². The van der Waals surface area contributed by atoms with E-state index in [0.717, 1.165) is 17.4 Å². The fraction of sp³-hybridized carbons (Fsp3) is 0.188. The lowest BCUT2D eigenvalue weighted by Crippen LogP contribution is -2.06. The third-order valence-electron chi connectivity index (χ3n) is 3.03. The first-order valence-electron chi connectivity index (χ1n) is 5.96. The molecular formula is C16H15FO. The SMILES string of the molecule is Cc1cccc(C(C=O)Cc2ccccc2F)c1. The number of hydrogen-bond donors (Lipinski definition) is 0. The van der Waals surface area contributed by atoms with Gasteiger partial charge in [-0.05, 0) is 30.5 Å². The van der Waals surface area contributed by atoms with Gasteiger partial charge in [-0.15, -0.1) is 0 Å². The molecule has 1 unspecified atom stereocenters. The van der Waals surface area contributed by atoms with Gasteiger partial charge in [-0.3, -0.25) is 0 Å². The van der Waals surface area contributed by atoms with Crippen molar-refractivity contribution in [3.05, 3.63) is 71.0 Å². The van der Waals surface area contributed by atoms with Gasteiger partial charge in [0.05, 0.1) is 0 Å². The van der Waals surface area contributed by atoms with Crippen molar-refractivity contribution in [2.45, 2.75) is 19.3 Å². The zero-order valence-corrected chi connectivity index (χ0v) is 10.3. The molecule has 92 valence electrons. The predicted molar refractivity (Wildman–Crippen MR) is 70.1 cm³/mol. The summed E-state index contributed by atoms with van der Waals surface area (Å²) in [5.74, 6) is -0.543. The molecule has 0 aromatic heterocycles. The molecule has 0 aliphatic carbocycles. The Morgan fingerprint density at radius 3 is 2.61 bits per heavy atom. The maximum Gasteiger partial charge on any atom is 0.127 e. The van der Waals surface area contributed by atoms with Crippen molar-refractivity contribution in [3.63, 3.8) is 0 Å². The molecule has 0 spiro atoms. The highest BCUT2D eigenvalue weighted by molar-refractivity contribution is 5.63. The van der Waals surface area contributed by atoms with E-state index in [1.54, 1.807) is 18.2 Å². The maximum absolute atomic E-state index is 13.6. The van der Waals surface area contributed by atoms with Crippen molar-refractivity contribution in [2.75, 3.05) is 0 Å². The molecule has 2 rings (SSSR count). The number of carbonyl (C=O) groups excluding carboxylic acids is 1. The summed E-state index contributed by atoms with van der Waals surface area (Å²) in [6, 6.07) is 14.4. The van der Waals surface area contributed by atoms with Crippen LogP contribution in [0.2, 0.25) is 0 Å². The Bertz CT molecular complexity index is 548. The summed E-state index contributed by atoms with van der Waals surface area (Å²) < 4.78 is 13.6. The number of aldehydes is 1. The summed E-state index contributed by atoms with van der Waals surface area (Å²) in [5.41, 5.74) is 2.62. The minimum absolute atomic E-state index is 0.253. The van der Waals surface area contributed by atoms with Gasteiger partial charge in [0.2, 0.25) is 0 Å². The van der Waals surface area contributed by atoms with E-state index in [9.17, 15) is 9.18 Å². The molecule has 2 heteroatoms. The first-order valence-corrected chi connectivity index (χ1v) is 5.96. The summed E-state index contributed by atoms with van der Waals surface area (Å²) in [4.78, 5) is 11.2. The molecule has 0 saturated heterocycles. The van der Waals surface area contributed by atoms with E-state index in [-0.39, 0.29) is 11.7 Å². The van der Waals surface area contributed by atoms with Gasteiger partial charge >= 0.3 is 0 Å². The van der Waals surface area contributed by atoms with Gasteiger partial charge in [-0.1, -0.05) is 48.0 Å². The second-order valence-electron chi connectivity index (χ2n) is 4.45. The Labute approximate surface area is 106 Å². The van der Waals surface area contributed by atoms with Crippen molar-refractivity contribution >= 4 is 6.29 Å². The van der Waals surface area contributed by atoms with E-state index >= 15 is 0 Å². The standard InChI is InChI=1S/C16H15FO/c1-12-5-4-7-13(9-12)15(11-18)10-14-6-2-3-8-16(14)17/h2-9,11,15H,10H2,1H3. The highest BCUT2D eigenvalue weighted by atomic mass is 19.1. The number of rotatable bonds is 4. The fourth-order valence-electron chi connectivity index (χ4n) is 2.05. The van der Waals surface area contributed by atoms with Crippen LogP contribution in [0, 0.1) is 12.7 Å². The number of hydrogen-bond acceptors (Lipinski definition) is 1. The summed E-state index contributed by atoms with van der Waals surface area (Å²) in [5, 5.41) is 0. The third-order valence-corrected chi connectivity index (χ3v) is 3.03. The van der Waals surface area contributed by atoms with Crippen molar-refractivity contribution in [1.82, 2.24) is 0 Å². The van der Waals surface area contributed by atoms with Crippen molar-refractivity contribution in [2.24, 2.45) is 0 Å². The van der Waals surface area contributed by atoms with E-state index in [1.165, 1.54) is 6.07 Å². The number of benzene rings is 2. The minimum Gasteiger partial charge on any atom is -0.303 e. The molecule has 0 aliphatic rings. The van der Waals surface area contributed by atoms with Crippen LogP contribution in [0.5, 0.6) is 0 Å². The molecule has 1 atom stereocenters. The van der Waals surface area contributed by atoms with Crippen LogP contribution in [-0.2, 0) is 11.2 Å². The zero-order chi connectivity index (χ0) is 13.0. The highest BCUT2D eigenvalue weighted by Crippen LogP contribution is 2.21. The summed E-state index contributed by atoms with van der Waals surface area (Å²) in [7, 11) is 0. The van der Waals surface area contributed by atoms with Crippen LogP contribution in [0.25, 0.3) is 0 Å². The quantitative estimate of drug-likeness (QED) is 0.748. The van der Waals surface area contributed by atoms with E-state index in [2.05, 4.69) is 0 Å². The van der Waals surface area contributed by atoms with Crippen LogP contribution >= 0.6 is 0 Å². The van der Waals surface area contributed by atoms with E-state index < -0.39 is 0 Å². The van der Waals surface area contributed by atoms with Gasteiger partial charge in [0.1, 0.15) is 12.1 Å². The monoisotopic (exact) mass is 242 g/mol. The Morgan fingerprint density at radius 2 is 1.94 bits per heavy atom. The van der Waals surface area contributed by atoms with Gasteiger partial charge in [0.25, 0.3) is 0 Å². The second kappa shape index (κ2) is 5.58. The molecular weight excluding hydrogens is 227 g/mol.